The van der Waals surface area contributed by atoms with E-state index in [1.54, 1.807) is 12.1 Å². The molecule has 0 saturated heterocycles. The van der Waals surface area contributed by atoms with Crippen LogP contribution in [0.5, 0.6) is 0 Å². The highest BCUT2D eigenvalue weighted by Crippen LogP contribution is 2.15. The van der Waals surface area contributed by atoms with Crippen LogP contribution >= 0.6 is 0 Å². The lowest BCUT2D eigenvalue weighted by atomic mass is 10.1. The van der Waals surface area contributed by atoms with E-state index in [4.69, 9.17) is 0 Å². The number of nitrogens with one attached hydrogen (secondary N) is 1. The normalized spacial score (nSPS) is 10.3. The van der Waals surface area contributed by atoms with Crippen molar-refractivity contribution in [3.05, 3.63) is 83.4 Å². The van der Waals surface area contributed by atoms with Gasteiger partial charge in [-0.3, -0.25) is 4.79 Å². The Hall–Kier alpha value is -3.21. The van der Waals surface area contributed by atoms with Crippen molar-refractivity contribution < 1.29 is 4.79 Å². The molecule has 1 aromatic heterocycles. The van der Waals surface area contributed by atoms with Crippen molar-refractivity contribution in [3.63, 3.8) is 0 Å². The number of nitrogens with zero attached hydrogens (tertiary/aromatic N) is 3. The minimum atomic E-state index is -0.183. The summed E-state index contributed by atoms with van der Waals surface area (Å²) in [6, 6.07) is 21.2. The van der Waals surface area contributed by atoms with Gasteiger partial charge in [-0.25, -0.2) is 0 Å². The number of hydrogen-bond donors (Lipinski definition) is 1. The van der Waals surface area contributed by atoms with Gasteiger partial charge in [-0.2, -0.15) is 0 Å². The van der Waals surface area contributed by atoms with Gasteiger partial charge in [0.1, 0.15) is 0 Å². The maximum Gasteiger partial charge on any atom is 0.257 e. The van der Waals surface area contributed by atoms with Crippen molar-refractivity contribution in [3.8, 4) is 0 Å². The summed E-state index contributed by atoms with van der Waals surface area (Å²) in [6.07, 6.45) is 0. The predicted molar refractivity (Wildman–Crippen MR) is 99.7 cm³/mol. The number of anilines is 2. The quantitative estimate of drug-likeness (QED) is 0.774. The number of aromatic nitrogens is 2. The third-order valence-corrected chi connectivity index (χ3v) is 3.94. The highest BCUT2D eigenvalue weighted by Gasteiger charge is 2.10. The van der Waals surface area contributed by atoms with E-state index in [-0.39, 0.29) is 5.91 Å². The lowest BCUT2D eigenvalue weighted by Crippen LogP contribution is -2.19. The number of benzene rings is 2. The smallest absolute Gasteiger partial charge is 0.257 e. The number of hydrogen-bond acceptors (Lipinski definition) is 4. The Bertz CT molecular complexity index is 847. The second-order valence-corrected chi connectivity index (χ2v) is 5.89. The molecular formula is C20H20N4O. The Labute approximate surface area is 147 Å². The van der Waals surface area contributed by atoms with Gasteiger partial charge in [0.15, 0.2) is 11.6 Å². The zero-order valence-corrected chi connectivity index (χ0v) is 14.3. The zero-order valence-electron chi connectivity index (χ0n) is 14.3. The monoisotopic (exact) mass is 332 g/mol. The van der Waals surface area contributed by atoms with Crippen LogP contribution in [0.15, 0.2) is 66.7 Å². The van der Waals surface area contributed by atoms with Crippen LogP contribution in [-0.4, -0.2) is 23.2 Å². The van der Waals surface area contributed by atoms with Crippen LogP contribution in [0.3, 0.4) is 0 Å². The fourth-order valence-corrected chi connectivity index (χ4v) is 2.55. The van der Waals surface area contributed by atoms with Gasteiger partial charge in [0, 0.05) is 19.2 Å². The summed E-state index contributed by atoms with van der Waals surface area (Å²) in [5, 5.41) is 11.1. The lowest BCUT2D eigenvalue weighted by molar-refractivity contribution is 0.102. The maximum atomic E-state index is 12.3. The van der Waals surface area contributed by atoms with Gasteiger partial charge < -0.3 is 10.2 Å². The summed E-state index contributed by atoms with van der Waals surface area (Å²) >= 11 is 0. The van der Waals surface area contributed by atoms with Crippen LogP contribution in [0, 0.1) is 6.92 Å². The van der Waals surface area contributed by atoms with Crippen LogP contribution in [0.2, 0.25) is 0 Å². The molecule has 0 aliphatic heterocycles. The van der Waals surface area contributed by atoms with Gasteiger partial charge in [-0.1, -0.05) is 48.5 Å². The number of aryl methyl sites for hydroxylation is 1. The van der Waals surface area contributed by atoms with E-state index in [0.29, 0.717) is 11.4 Å². The van der Waals surface area contributed by atoms with Crippen LogP contribution in [0.1, 0.15) is 21.5 Å². The largest absolute Gasteiger partial charge is 0.354 e. The molecule has 0 atom stereocenters. The Kier molecular flexibility index (Phi) is 5.04. The Morgan fingerprint density at radius 3 is 2.36 bits per heavy atom. The average molecular weight is 332 g/mol. The topological polar surface area (TPSA) is 58.1 Å². The van der Waals surface area contributed by atoms with Crippen molar-refractivity contribution in [1.82, 2.24) is 10.2 Å². The summed E-state index contributed by atoms with van der Waals surface area (Å²) in [7, 11) is 1.96. The first-order valence-electron chi connectivity index (χ1n) is 8.09. The standard InChI is InChI=1S/C20H20N4O/c1-15-8-6-7-11-17(15)20(25)21-18-12-13-19(23-22-18)24(2)14-16-9-4-3-5-10-16/h3-13H,14H2,1-2H3,(H,21,22,25). The molecule has 2 aromatic carbocycles. The lowest BCUT2D eigenvalue weighted by Gasteiger charge is -2.17. The molecule has 0 fully saturated rings. The molecule has 0 unspecified atom stereocenters. The first-order chi connectivity index (χ1) is 12.1. The maximum absolute atomic E-state index is 12.3. The van der Waals surface area contributed by atoms with E-state index in [2.05, 4.69) is 27.6 Å². The molecule has 0 aliphatic rings. The van der Waals surface area contributed by atoms with Gasteiger partial charge in [0.05, 0.1) is 0 Å². The SMILES string of the molecule is Cc1ccccc1C(=O)Nc1ccc(N(C)Cc2ccccc2)nn1. The third kappa shape index (κ3) is 4.20. The molecule has 25 heavy (non-hydrogen) atoms. The molecule has 126 valence electrons. The molecule has 0 radical (unpaired) electrons. The highest BCUT2D eigenvalue weighted by atomic mass is 16.1. The first kappa shape index (κ1) is 16.6. The van der Waals surface area contributed by atoms with E-state index in [0.717, 1.165) is 17.9 Å². The molecule has 3 rings (SSSR count). The average Bonchev–Trinajstić information content (AvgIpc) is 2.63. The molecule has 3 aromatic rings. The van der Waals surface area contributed by atoms with E-state index in [9.17, 15) is 4.79 Å². The zero-order chi connectivity index (χ0) is 17.6. The first-order valence-corrected chi connectivity index (χ1v) is 8.09. The van der Waals surface area contributed by atoms with Crippen molar-refractivity contribution in [2.75, 3.05) is 17.3 Å². The van der Waals surface area contributed by atoms with E-state index in [1.807, 2.05) is 61.3 Å². The molecule has 5 nitrogen and oxygen atoms in total. The number of carbonyl (C=O) groups excluding carboxylic acids is 1. The van der Waals surface area contributed by atoms with Crippen molar-refractivity contribution in [2.45, 2.75) is 13.5 Å². The summed E-state index contributed by atoms with van der Waals surface area (Å²) < 4.78 is 0. The summed E-state index contributed by atoms with van der Waals surface area (Å²) in [4.78, 5) is 14.3. The molecule has 1 amide bonds. The molecular weight excluding hydrogens is 312 g/mol. The molecule has 1 heterocycles. The third-order valence-electron chi connectivity index (χ3n) is 3.94. The highest BCUT2D eigenvalue weighted by molar-refractivity contribution is 6.04. The van der Waals surface area contributed by atoms with E-state index in [1.165, 1.54) is 5.56 Å². The van der Waals surface area contributed by atoms with Gasteiger partial charge >= 0.3 is 0 Å². The van der Waals surface area contributed by atoms with Crippen molar-refractivity contribution in [1.29, 1.82) is 0 Å². The molecule has 1 N–H and O–H groups in total. The fraction of sp³-hybridized carbons (Fsp3) is 0.150. The van der Waals surface area contributed by atoms with Gasteiger partial charge in [0.25, 0.3) is 5.91 Å². The summed E-state index contributed by atoms with van der Waals surface area (Å²) in [5.41, 5.74) is 2.76. The van der Waals surface area contributed by atoms with E-state index < -0.39 is 0 Å². The van der Waals surface area contributed by atoms with E-state index >= 15 is 0 Å². The van der Waals surface area contributed by atoms with Crippen LogP contribution in [-0.2, 0) is 6.54 Å². The van der Waals surface area contributed by atoms with Crippen molar-refractivity contribution >= 4 is 17.5 Å². The molecule has 0 aliphatic carbocycles. The van der Waals surface area contributed by atoms with Crippen LogP contribution < -0.4 is 10.2 Å². The second kappa shape index (κ2) is 7.57. The molecule has 0 saturated carbocycles. The predicted octanol–water partition coefficient (Wildman–Crippen LogP) is 3.67. The van der Waals surface area contributed by atoms with Gasteiger partial charge in [-0.05, 0) is 36.2 Å². The molecule has 5 heteroatoms. The summed E-state index contributed by atoms with van der Waals surface area (Å²) in [6.45, 7) is 2.65. The number of carbonyl (C=O) groups is 1. The van der Waals surface area contributed by atoms with Gasteiger partial charge in [-0.15, -0.1) is 10.2 Å². The van der Waals surface area contributed by atoms with Gasteiger partial charge in [0.2, 0.25) is 0 Å². The minimum absolute atomic E-state index is 0.183. The van der Waals surface area contributed by atoms with Crippen LogP contribution in [0.4, 0.5) is 11.6 Å². The molecule has 0 spiro atoms. The Morgan fingerprint density at radius 2 is 1.68 bits per heavy atom. The number of amides is 1. The fourth-order valence-electron chi connectivity index (χ4n) is 2.55. The Morgan fingerprint density at radius 1 is 0.960 bits per heavy atom. The minimum Gasteiger partial charge on any atom is -0.354 e. The molecule has 0 bridgehead atoms. The summed E-state index contributed by atoms with van der Waals surface area (Å²) in [5.74, 6) is 1.00. The number of rotatable bonds is 5. The van der Waals surface area contributed by atoms with Crippen LogP contribution in [0.25, 0.3) is 0 Å². The van der Waals surface area contributed by atoms with Crippen molar-refractivity contribution in [2.24, 2.45) is 0 Å². The second-order valence-electron chi connectivity index (χ2n) is 5.89. The Balaban J connectivity index is 1.66.